The first-order valence-corrected chi connectivity index (χ1v) is 4.81. The largest absolute Gasteiger partial charge is 0.459 e. The molecular weight excluding hydrogens is 194 g/mol. The molecule has 0 aliphatic carbocycles. The topological polar surface area (TPSA) is 57.6 Å². The van der Waals surface area contributed by atoms with E-state index >= 15 is 0 Å². The van der Waals surface area contributed by atoms with E-state index in [-0.39, 0.29) is 6.79 Å². The van der Waals surface area contributed by atoms with Crippen LogP contribution >= 0.6 is 0 Å². The maximum atomic E-state index is 5.61. The minimum absolute atomic E-state index is 0.282. The van der Waals surface area contributed by atoms with Gasteiger partial charge >= 0.3 is 0 Å². The van der Waals surface area contributed by atoms with Crippen LogP contribution in [0.25, 0.3) is 11.0 Å². The Morgan fingerprint density at radius 3 is 2.73 bits per heavy atom. The van der Waals surface area contributed by atoms with Crippen LogP contribution in [0.3, 0.4) is 0 Å². The zero-order valence-electron chi connectivity index (χ0n) is 8.37. The second-order valence-electron chi connectivity index (χ2n) is 3.56. The fourth-order valence-corrected chi connectivity index (χ4v) is 1.86. The first-order valence-electron chi connectivity index (χ1n) is 4.81. The first-order chi connectivity index (χ1) is 7.29. The highest BCUT2D eigenvalue weighted by Gasteiger charge is 2.18. The summed E-state index contributed by atoms with van der Waals surface area (Å²) in [6.07, 6.45) is 0. The molecule has 78 valence electrons. The van der Waals surface area contributed by atoms with E-state index in [0.717, 1.165) is 33.8 Å². The number of nitrogens with two attached hydrogens (primary N) is 1. The molecular formula is C11H11NO3. The Balaban J connectivity index is 2.31. The molecule has 1 aliphatic heterocycles. The molecule has 0 bridgehead atoms. The average Bonchev–Trinajstić information content (AvgIpc) is 2.80. The summed E-state index contributed by atoms with van der Waals surface area (Å²) in [7, 11) is 0. The molecule has 2 aromatic rings. The number of ether oxygens (including phenoxy) is 2. The van der Waals surface area contributed by atoms with Gasteiger partial charge in [0, 0.05) is 11.5 Å². The Morgan fingerprint density at radius 2 is 2.00 bits per heavy atom. The van der Waals surface area contributed by atoms with Crippen LogP contribution in [0.5, 0.6) is 11.5 Å². The van der Waals surface area contributed by atoms with E-state index in [2.05, 4.69) is 0 Å². The van der Waals surface area contributed by atoms with E-state index in [1.807, 2.05) is 19.1 Å². The molecule has 0 atom stereocenters. The number of hydrogen-bond donors (Lipinski definition) is 1. The molecule has 2 N–H and O–H groups in total. The molecule has 0 saturated heterocycles. The molecule has 0 saturated carbocycles. The highest BCUT2D eigenvalue weighted by Crippen LogP contribution is 2.38. The third-order valence-corrected chi connectivity index (χ3v) is 2.72. The molecule has 0 spiro atoms. The first kappa shape index (κ1) is 8.61. The van der Waals surface area contributed by atoms with Crippen LogP contribution < -0.4 is 15.2 Å². The van der Waals surface area contributed by atoms with Crippen molar-refractivity contribution in [2.75, 3.05) is 6.79 Å². The van der Waals surface area contributed by atoms with Crippen molar-refractivity contribution in [3.63, 3.8) is 0 Å². The smallest absolute Gasteiger partial charge is 0.231 e. The van der Waals surface area contributed by atoms with Crippen molar-refractivity contribution in [2.45, 2.75) is 13.5 Å². The molecule has 1 aromatic carbocycles. The van der Waals surface area contributed by atoms with Crippen LogP contribution in [-0.4, -0.2) is 6.79 Å². The lowest BCUT2D eigenvalue weighted by molar-refractivity contribution is 0.174. The maximum absolute atomic E-state index is 5.61. The van der Waals surface area contributed by atoms with E-state index in [0.29, 0.717) is 6.54 Å². The minimum atomic E-state index is 0.282. The molecule has 3 rings (SSSR count). The second-order valence-corrected chi connectivity index (χ2v) is 3.56. The lowest BCUT2D eigenvalue weighted by Crippen LogP contribution is -1.95. The lowest BCUT2D eigenvalue weighted by atomic mass is 10.1. The molecule has 15 heavy (non-hydrogen) atoms. The van der Waals surface area contributed by atoms with Crippen LogP contribution in [0.1, 0.15) is 11.3 Å². The van der Waals surface area contributed by atoms with Gasteiger partial charge in [0.05, 0.1) is 6.54 Å². The van der Waals surface area contributed by atoms with Gasteiger partial charge in [0.15, 0.2) is 11.5 Å². The molecule has 1 aromatic heterocycles. The van der Waals surface area contributed by atoms with Gasteiger partial charge in [-0.25, -0.2) is 0 Å². The van der Waals surface area contributed by atoms with Crippen molar-refractivity contribution >= 4 is 11.0 Å². The number of benzene rings is 1. The molecule has 2 heterocycles. The predicted molar refractivity (Wildman–Crippen MR) is 55.0 cm³/mol. The molecule has 0 fully saturated rings. The van der Waals surface area contributed by atoms with Gasteiger partial charge in [-0.2, -0.15) is 0 Å². The van der Waals surface area contributed by atoms with Crippen molar-refractivity contribution in [2.24, 2.45) is 5.73 Å². The SMILES string of the molecule is Cc1c(CN)oc2cc3c(cc12)OCO3. The van der Waals surface area contributed by atoms with Gasteiger partial charge in [0.2, 0.25) is 6.79 Å². The van der Waals surface area contributed by atoms with Gasteiger partial charge in [-0.15, -0.1) is 0 Å². The van der Waals surface area contributed by atoms with Crippen LogP contribution in [0.2, 0.25) is 0 Å². The predicted octanol–water partition coefficient (Wildman–Crippen LogP) is 1.93. The zero-order chi connectivity index (χ0) is 10.4. The van der Waals surface area contributed by atoms with Crippen LogP contribution in [0, 0.1) is 6.92 Å². The van der Waals surface area contributed by atoms with Crippen LogP contribution in [0.15, 0.2) is 16.5 Å². The van der Waals surface area contributed by atoms with Crippen LogP contribution in [0.4, 0.5) is 0 Å². The summed E-state index contributed by atoms with van der Waals surface area (Å²) in [4.78, 5) is 0. The van der Waals surface area contributed by atoms with Gasteiger partial charge in [-0.1, -0.05) is 0 Å². The zero-order valence-corrected chi connectivity index (χ0v) is 8.37. The summed E-state index contributed by atoms with van der Waals surface area (Å²) in [5.74, 6) is 2.32. The van der Waals surface area contributed by atoms with Crippen molar-refractivity contribution in [1.29, 1.82) is 0 Å². The maximum Gasteiger partial charge on any atom is 0.231 e. The van der Waals surface area contributed by atoms with E-state index in [1.54, 1.807) is 0 Å². The monoisotopic (exact) mass is 205 g/mol. The van der Waals surface area contributed by atoms with Crippen LogP contribution in [-0.2, 0) is 6.54 Å². The summed E-state index contributed by atoms with van der Waals surface area (Å²) in [6.45, 7) is 2.69. The van der Waals surface area contributed by atoms with Crippen molar-refractivity contribution in [3.8, 4) is 11.5 Å². The Kier molecular flexibility index (Phi) is 1.67. The molecule has 0 radical (unpaired) electrons. The summed E-state index contributed by atoms with van der Waals surface area (Å²) in [5, 5.41) is 1.04. The van der Waals surface area contributed by atoms with Crippen molar-refractivity contribution < 1.29 is 13.9 Å². The molecule has 1 aliphatic rings. The summed E-state index contributed by atoms with van der Waals surface area (Å²) in [6, 6.07) is 3.79. The second kappa shape index (κ2) is 2.90. The van der Waals surface area contributed by atoms with Gasteiger partial charge in [-0.05, 0) is 18.6 Å². The summed E-state index contributed by atoms with van der Waals surface area (Å²) < 4.78 is 16.2. The van der Waals surface area contributed by atoms with Gasteiger partial charge < -0.3 is 19.6 Å². The Bertz CT molecular complexity index is 530. The van der Waals surface area contributed by atoms with E-state index in [9.17, 15) is 0 Å². The van der Waals surface area contributed by atoms with Crippen molar-refractivity contribution in [1.82, 2.24) is 0 Å². The Hall–Kier alpha value is -1.68. The average molecular weight is 205 g/mol. The summed E-state index contributed by atoms with van der Waals surface area (Å²) >= 11 is 0. The molecule has 4 nitrogen and oxygen atoms in total. The number of hydrogen-bond acceptors (Lipinski definition) is 4. The quantitative estimate of drug-likeness (QED) is 0.772. The van der Waals surface area contributed by atoms with E-state index in [4.69, 9.17) is 19.6 Å². The molecule has 4 heteroatoms. The Labute approximate surface area is 86.6 Å². The van der Waals surface area contributed by atoms with Gasteiger partial charge in [-0.3, -0.25) is 0 Å². The number of rotatable bonds is 1. The lowest BCUT2D eigenvalue weighted by Gasteiger charge is -1.95. The fraction of sp³-hybridized carbons (Fsp3) is 0.273. The molecule has 0 unspecified atom stereocenters. The van der Waals surface area contributed by atoms with Gasteiger partial charge in [0.1, 0.15) is 11.3 Å². The van der Waals surface area contributed by atoms with Crippen molar-refractivity contribution in [3.05, 3.63) is 23.5 Å². The number of aryl methyl sites for hydroxylation is 1. The number of fused-ring (bicyclic) bond motifs is 2. The van der Waals surface area contributed by atoms with E-state index < -0.39 is 0 Å². The standard InChI is InChI=1S/C11H11NO3/c1-6-7-2-9-10(14-5-13-9)3-8(7)15-11(6)4-12/h2-3H,4-5,12H2,1H3. The van der Waals surface area contributed by atoms with E-state index in [1.165, 1.54) is 0 Å². The summed E-state index contributed by atoms with van der Waals surface area (Å²) in [5.41, 5.74) is 7.46. The third-order valence-electron chi connectivity index (χ3n) is 2.72. The normalized spacial score (nSPS) is 13.7. The minimum Gasteiger partial charge on any atom is -0.459 e. The highest BCUT2D eigenvalue weighted by molar-refractivity contribution is 5.85. The van der Waals surface area contributed by atoms with Gasteiger partial charge in [0.25, 0.3) is 0 Å². The third kappa shape index (κ3) is 1.11. The fourth-order valence-electron chi connectivity index (χ4n) is 1.86. The molecule has 0 amide bonds. The number of furan rings is 1. The highest BCUT2D eigenvalue weighted by atomic mass is 16.7. The Morgan fingerprint density at radius 1 is 1.27 bits per heavy atom.